The molecule has 4 heteroatoms. The molecule has 1 aliphatic heterocycles. The molecule has 2 N–H and O–H groups in total. The van der Waals surface area contributed by atoms with Crippen molar-refractivity contribution in [2.24, 2.45) is 5.73 Å². The Kier molecular flexibility index (Phi) is 3.71. The second-order valence-corrected chi connectivity index (χ2v) is 5.31. The molecule has 21 heavy (non-hydrogen) atoms. The van der Waals surface area contributed by atoms with E-state index < -0.39 is 6.04 Å². The van der Waals surface area contributed by atoms with E-state index in [9.17, 15) is 9.18 Å². The molecule has 0 bridgehead atoms. The van der Waals surface area contributed by atoms with Crippen molar-refractivity contribution < 1.29 is 9.18 Å². The fraction of sp³-hybridized carbons (Fsp3) is 0.235. The molecular formula is C17H17FN2O. The van der Waals surface area contributed by atoms with Crippen LogP contribution in [0.5, 0.6) is 0 Å². The summed E-state index contributed by atoms with van der Waals surface area (Å²) in [5.74, 6) is -0.383. The molecule has 0 saturated heterocycles. The first kappa shape index (κ1) is 13.8. The number of hydrogen-bond donors (Lipinski definition) is 1. The quantitative estimate of drug-likeness (QED) is 0.920. The minimum atomic E-state index is -0.665. The Bertz CT molecular complexity index is 657. The maximum Gasteiger partial charge on any atom is 0.244 e. The maximum atomic E-state index is 13.3. The van der Waals surface area contributed by atoms with Gasteiger partial charge in [-0.05, 0) is 35.2 Å². The highest BCUT2D eigenvalue weighted by Crippen LogP contribution is 2.22. The Morgan fingerprint density at radius 2 is 1.90 bits per heavy atom. The first-order valence-electron chi connectivity index (χ1n) is 7.02. The molecule has 0 spiro atoms. The zero-order valence-corrected chi connectivity index (χ0v) is 11.6. The van der Waals surface area contributed by atoms with Crippen LogP contribution in [-0.4, -0.2) is 17.4 Å². The van der Waals surface area contributed by atoms with E-state index in [2.05, 4.69) is 0 Å². The third kappa shape index (κ3) is 2.81. The number of carbonyl (C=O) groups excluding carboxylic acids is 1. The van der Waals surface area contributed by atoms with Gasteiger partial charge < -0.3 is 10.6 Å². The third-order valence-electron chi connectivity index (χ3n) is 3.92. The monoisotopic (exact) mass is 284 g/mol. The Balaban J connectivity index is 1.78. The van der Waals surface area contributed by atoms with Crippen molar-refractivity contribution in [3.63, 3.8) is 0 Å². The maximum absolute atomic E-state index is 13.3. The van der Waals surface area contributed by atoms with Crippen LogP contribution in [0, 0.1) is 5.82 Å². The summed E-state index contributed by atoms with van der Waals surface area (Å²) in [7, 11) is 0. The molecule has 1 amide bonds. The number of benzene rings is 2. The fourth-order valence-corrected chi connectivity index (χ4v) is 2.71. The highest BCUT2D eigenvalue weighted by Gasteiger charge is 2.26. The van der Waals surface area contributed by atoms with Gasteiger partial charge in [-0.2, -0.15) is 0 Å². The predicted octanol–water partition coefficient (Wildman–Crippen LogP) is 2.41. The Hall–Kier alpha value is -2.20. The second kappa shape index (κ2) is 5.66. The summed E-state index contributed by atoms with van der Waals surface area (Å²) in [6, 6.07) is 13.4. The van der Waals surface area contributed by atoms with Crippen LogP contribution >= 0.6 is 0 Å². The van der Waals surface area contributed by atoms with E-state index in [0.29, 0.717) is 13.1 Å². The zero-order valence-electron chi connectivity index (χ0n) is 11.6. The number of halogens is 1. The summed E-state index contributed by atoms with van der Waals surface area (Å²) in [4.78, 5) is 14.2. The minimum absolute atomic E-state index is 0.115. The third-order valence-corrected chi connectivity index (χ3v) is 3.92. The lowest BCUT2D eigenvalue weighted by atomic mass is 9.98. The normalized spacial score (nSPS) is 15.4. The van der Waals surface area contributed by atoms with E-state index in [4.69, 9.17) is 5.73 Å². The van der Waals surface area contributed by atoms with Crippen molar-refractivity contribution >= 4 is 5.91 Å². The predicted molar refractivity (Wildman–Crippen MR) is 78.9 cm³/mol. The summed E-state index contributed by atoms with van der Waals surface area (Å²) in [6.45, 7) is 1.05. The van der Waals surface area contributed by atoms with Crippen LogP contribution < -0.4 is 5.73 Å². The molecule has 0 aliphatic carbocycles. The lowest BCUT2D eigenvalue weighted by Crippen LogP contribution is -2.41. The zero-order chi connectivity index (χ0) is 14.8. The van der Waals surface area contributed by atoms with E-state index in [0.717, 1.165) is 23.1 Å². The topological polar surface area (TPSA) is 46.3 Å². The summed E-state index contributed by atoms with van der Waals surface area (Å²) >= 11 is 0. The molecule has 0 radical (unpaired) electrons. The number of carbonyl (C=O) groups is 1. The second-order valence-electron chi connectivity index (χ2n) is 5.31. The van der Waals surface area contributed by atoms with Crippen molar-refractivity contribution in [3.8, 4) is 0 Å². The molecule has 0 fully saturated rings. The van der Waals surface area contributed by atoms with Gasteiger partial charge in [0.2, 0.25) is 5.91 Å². The van der Waals surface area contributed by atoms with Crippen LogP contribution in [0.25, 0.3) is 0 Å². The SMILES string of the molecule is N[C@@H](C(=O)N1CCc2ccc(F)cc2C1)c1ccccc1. The molecular weight excluding hydrogens is 267 g/mol. The van der Waals surface area contributed by atoms with Gasteiger partial charge in [-0.3, -0.25) is 4.79 Å². The fourth-order valence-electron chi connectivity index (χ4n) is 2.71. The van der Waals surface area contributed by atoms with Crippen molar-refractivity contribution in [3.05, 3.63) is 71.0 Å². The summed E-state index contributed by atoms with van der Waals surface area (Å²) < 4.78 is 13.3. The van der Waals surface area contributed by atoms with Crippen LogP contribution in [0.2, 0.25) is 0 Å². The Morgan fingerprint density at radius 1 is 1.14 bits per heavy atom. The molecule has 2 aromatic carbocycles. The first-order chi connectivity index (χ1) is 10.1. The highest BCUT2D eigenvalue weighted by atomic mass is 19.1. The Labute approximate surface area is 123 Å². The van der Waals surface area contributed by atoms with E-state index in [1.807, 2.05) is 30.3 Å². The van der Waals surface area contributed by atoms with Gasteiger partial charge in [0.05, 0.1) is 0 Å². The van der Waals surface area contributed by atoms with Gasteiger partial charge in [-0.25, -0.2) is 4.39 Å². The standard InChI is InChI=1S/C17H17FN2O/c18-15-7-6-12-8-9-20(11-14(12)10-15)17(21)16(19)13-4-2-1-3-5-13/h1-7,10,16H,8-9,11,19H2/t16-/m1/s1. The van der Waals surface area contributed by atoms with Gasteiger partial charge in [0.25, 0.3) is 0 Å². The molecule has 0 unspecified atom stereocenters. The van der Waals surface area contributed by atoms with Crippen LogP contribution in [-0.2, 0) is 17.8 Å². The van der Waals surface area contributed by atoms with Crippen molar-refractivity contribution in [1.82, 2.24) is 4.90 Å². The van der Waals surface area contributed by atoms with Gasteiger partial charge in [0, 0.05) is 13.1 Å². The van der Waals surface area contributed by atoms with Crippen molar-refractivity contribution in [2.45, 2.75) is 19.0 Å². The largest absolute Gasteiger partial charge is 0.336 e. The van der Waals surface area contributed by atoms with Crippen LogP contribution in [0.15, 0.2) is 48.5 Å². The van der Waals surface area contributed by atoms with E-state index in [-0.39, 0.29) is 11.7 Å². The number of nitrogens with zero attached hydrogens (tertiary/aromatic N) is 1. The summed E-state index contributed by atoms with van der Waals surface area (Å²) in [6.07, 6.45) is 0.739. The molecule has 108 valence electrons. The first-order valence-corrected chi connectivity index (χ1v) is 7.02. The molecule has 1 heterocycles. The minimum Gasteiger partial charge on any atom is -0.336 e. The smallest absolute Gasteiger partial charge is 0.244 e. The van der Waals surface area contributed by atoms with Crippen LogP contribution in [0.1, 0.15) is 22.7 Å². The average Bonchev–Trinajstić information content (AvgIpc) is 2.53. The molecule has 1 aliphatic rings. The number of amides is 1. The van der Waals surface area contributed by atoms with Crippen LogP contribution in [0.4, 0.5) is 4.39 Å². The highest BCUT2D eigenvalue weighted by molar-refractivity contribution is 5.83. The molecule has 3 rings (SSSR count). The summed E-state index contributed by atoms with van der Waals surface area (Å²) in [5, 5.41) is 0. The van der Waals surface area contributed by atoms with Gasteiger partial charge in [0.1, 0.15) is 11.9 Å². The van der Waals surface area contributed by atoms with Gasteiger partial charge in [-0.1, -0.05) is 36.4 Å². The van der Waals surface area contributed by atoms with E-state index in [1.54, 1.807) is 11.0 Å². The number of nitrogens with two attached hydrogens (primary N) is 1. The number of rotatable bonds is 2. The van der Waals surface area contributed by atoms with Gasteiger partial charge >= 0.3 is 0 Å². The molecule has 0 aromatic heterocycles. The van der Waals surface area contributed by atoms with Crippen molar-refractivity contribution in [1.29, 1.82) is 0 Å². The number of hydrogen-bond acceptors (Lipinski definition) is 2. The van der Waals surface area contributed by atoms with E-state index in [1.165, 1.54) is 12.1 Å². The molecule has 3 nitrogen and oxygen atoms in total. The molecule has 2 aromatic rings. The Morgan fingerprint density at radius 3 is 2.67 bits per heavy atom. The number of fused-ring (bicyclic) bond motifs is 1. The van der Waals surface area contributed by atoms with E-state index >= 15 is 0 Å². The summed E-state index contributed by atoms with van der Waals surface area (Å²) in [5.41, 5.74) is 8.83. The van der Waals surface area contributed by atoms with Gasteiger partial charge in [0.15, 0.2) is 0 Å². The van der Waals surface area contributed by atoms with Crippen molar-refractivity contribution in [2.75, 3.05) is 6.54 Å². The molecule has 0 saturated carbocycles. The molecule has 1 atom stereocenters. The average molecular weight is 284 g/mol. The van der Waals surface area contributed by atoms with Gasteiger partial charge in [-0.15, -0.1) is 0 Å². The van der Waals surface area contributed by atoms with Crippen LogP contribution in [0.3, 0.4) is 0 Å². The lowest BCUT2D eigenvalue weighted by molar-refractivity contribution is -0.133. The lowest BCUT2D eigenvalue weighted by Gasteiger charge is -2.31.